The van der Waals surface area contributed by atoms with Crippen molar-refractivity contribution in [2.75, 3.05) is 26.2 Å². The Morgan fingerprint density at radius 2 is 1.78 bits per heavy atom. The second-order valence-electron chi connectivity index (χ2n) is 6.68. The van der Waals surface area contributed by atoms with E-state index in [2.05, 4.69) is 16.0 Å². The first-order chi connectivity index (χ1) is 11.2. The Balaban J connectivity index is 1.56. The zero-order chi connectivity index (χ0) is 16.1. The molecule has 1 saturated heterocycles. The summed E-state index contributed by atoms with van der Waals surface area (Å²) in [6, 6.07) is 6.42. The molecule has 2 aliphatic rings. The van der Waals surface area contributed by atoms with E-state index >= 15 is 0 Å². The molecule has 5 nitrogen and oxygen atoms in total. The first kappa shape index (κ1) is 15.9. The van der Waals surface area contributed by atoms with Crippen LogP contribution in [0.5, 0.6) is 0 Å². The molecule has 0 unspecified atom stereocenters. The van der Waals surface area contributed by atoms with Crippen molar-refractivity contribution in [1.82, 2.24) is 14.8 Å². The van der Waals surface area contributed by atoms with Gasteiger partial charge in [0.15, 0.2) is 0 Å². The van der Waals surface area contributed by atoms with Crippen LogP contribution in [0.25, 0.3) is 0 Å². The minimum absolute atomic E-state index is 0.0725. The molecule has 0 spiro atoms. The van der Waals surface area contributed by atoms with Crippen LogP contribution in [0.1, 0.15) is 37.7 Å². The average molecular weight is 312 g/mol. The van der Waals surface area contributed by atoms with Crippen LogP contribution in [0.2, 0.25) is 0 Å². The van der Waals surface area contributed by atoms with Crippen LogP contribution in [0.15, 0.2) is 24.5 Å². The fraction of sp³-hybridized carbons (Fsp3) is 0.611. The Hall–Kier alpha value is -1.93. The van der Waals surface area contributed by atoms with E-state index in [1.165, 1.54) is 5.56 Å². The van der Waals surface area contributed by atoms with Gasteiger partial charge >= 0.3 is 0 Å². The summed E-state index contributed by atoms with van der Waals surface area (Å²) < 4.78 is 0. The van der Waals surface area contributed by atoms with Gasteiger partial charge in [-0.25, -0.2) is 0 Å². The normalized spacial score (nSPS) is 21.6. The lowest BCUT2D eigenvalue weighted by atomic mass is 9.74. The Bertz CT molecular complexity index is 566. The number of hydrogen-bond acceptors (Lipinski definition) is 4. The topological polar surface area (TPSA) is 60.2 Å². The summed E-state index contributed by atoms with van der Waals surface area (Å²) in [4.78, 5) is 21.2. The van der Waals surface area contributed by atoms with E-state index in [0.717, 1.165) is 64.8 Å². The predicted octanol–water partition coefficient (Wildman–Crippen LogP) is 2.20. The standard InChI is InChI=1S/C18H24N4O/c19-15-18(6-2-1-3-7-18)17(23)22-12-10-21(11-13-22)14-16-4-8-20-9-5-16/h4-5,8-9H,1-3,6-7,10-14H2. The maximum absolute atomic E-state index is 12.8. The van der Waals surface area contributed by atoms with Crippen LogP contribution < -0.4 is 0 Å². The number of hydrogen-bond donors (Lipinski definition) is 0. The van der Waals surface area contributed by atoms with Crippen molar-refractivity contribution >= 4 is 5.91 Å². The molecule has 3 rings (SSSR count). The summed E-state index contributed by atoms with van der Waals surface area (Å²) in [5.41, 5.74) is 0.506. The Morgan fingerprint density at radius 1 is 1.13 bits per heavy atom. The third-order valence-corrected chi connectivity index (χ3v) is 5.15. The van der Waals surface area contributed by atoms with E-state index in [-0.39, 0.29) is 5.91 Å². The summed E-state index contributed by atoms with van der Waals surface area (Å²) >= 11 is 0. The molecular weight excluding hydrogens is 288 g/mol. The van der Waals surface area contributed by atoms with E-state index < -0.39 is 5.41 Å². The smallest absolute Gasteiger partial charge is 0.243 e. The van der Waals surface area contributed by atoms with Crippen molar-refractivity contribution in [3.63, 3.8) is 0 Å². The van der Waals surface area contributed by atoms with Crippen molar-refractivity contribution in [2.45, 2.75) is 38.6 Å². The zero-order valence-electron chi connectivity index (χ0n) is 13.6. The minimum atomic E-state index is -0.745. The summed E-state index contributed by atoms with van der Waals surface area (Å²) in [7, 11) is 0. The van der Waals surface area contributed by atoms with Gasteiger partial charge in [-0.1, -0.05) is 19.3 Å². The SMILES string of the molecule is N#CC1(C(=O)N2CCN(Cc3ccncc3)CC2)CCCCC1. The molecule has 2 heterocycles. The molecule has 1 aromatic rings. The Labute approximate surface area is 137 Å². The highest BCUT2D eigenvalue weighted by Gasteiger charge is 2.42. The van der Waals surface area contributed by atoms with Crippen LogP contribution in [-0.4, -0.2) is 46.9 Å². The van der Waals surface area contributed by atoms with E-state index in [9.17, 15) is 10.1 Å². The maximum atomic E-state index is 12.8. The van der Waals surface area contributed by atoms with Gasteiger partial charge in [-0.3, -0.25) is 14.7 Å². The number of carbonyl (C=O) groups excluding carboxylic acids is 1. The molecule has 2 fully saturated rings. The van der Waals surface area contributed by atoms with Gasteiger partial charge in [0.05, 0.1) is 6.07 Å². The lowest BCUT2D eigenvalue weighted by Gasteiger charge is -2.39. The van der Waals surface area contributed by atoms with E-state index in [4.69, 9.17) is 0 Å². The first-order valence-electron chi connectivity index (χ1n) is 8.55. The zero-order valence-corrected chi connectivity index (χ0v) is 13.6. The molecule has 0 N–H and O–H groups in total. The van der Waals surface area contributed by atoms with Gasteiger partial charge in [0.2, 0.25) is 5.91 Å². The number of carbonyl (C=O) groups is 1. The van der Waals surface area contributed by atoms with Gasteiger partial charge in [-0.2, -0.15) is 5.26 Å². The first-order valence-corrected chi connectivity index (χ1v) is 8.55. The fourth-order valence-corrected chi connectivity index (χ4v) is 3.69. The van der Waals surface area contributed by atoms with Crippen LogP contribution in [-0.2, 0) is 11.3 Å². The lowest BCUT2D eigenvalue weighted by Crippen LogP contribution is -2.53. The summed E-state index contributed by atoms with van der Waals surface area (Å²) in [5.74, 6) is 0.0725. The lowest BCUT2D eigenvalue weighted by molar-refractivity contribution is -0.142. The number of pyridine rings is 1. The molecule has 0 atom stereocenters. The Kier molecular flexibility index (Phi) is 4.92. The fourth-order valence-electron chi connectivity index (χ4n) is 3.69. The van der Waals surface area contributed by atoms with E-state index in [1.807, 2.05) is 29.4 Å². The van der Waals surface area contributed by atoms with Gasteiger partial charge in [0.1, 0.15) is 5.41 Å². The maximum Gasteiger partial charge on any atom is 0.243 e. The van der Waals surface area contributed by atoms with Gasteiger partial charge in [0.25, 0.3) is 0 Å². The van der Waals surface area contributed by atoms with Crippen molar-refractivity contribution in [3.05, 3.63) is 30.1 Å². The van der Waals surface area contributed by atoms with Gasteiger partial charge in [-0.05, 0) is 30.5 Å². The largest absolute Gasteiger partial charge is 0.339 e. The molecule has 1 aliphatic heterocycles. The quantitative estimate of drug-likeness (QED) is 0.858. The van der Waals surface area contributed by atoms with Crippen molar-refractivity contribution in [3.8, 4) is 6.07 Å². The molecule has 1 saturated carbocycles. The highest BCUT2D eigenvalue weighted by Crippen LogP contribution is 2.37. The van der Waals surface area contributed by atoms with Crippen LogP contribution in [0.4, 0.5) is 0 Å². The van der Waals surface area contributed by atoms with Crippen LogP contribution in [0, 0.1) is 16.7 Å². The number of amides is 1. The second kappa shape index (κ2) is 7.10. The molecule has 1 aliphatic carbocycles. The third-order valence-electron chi connectivity index (χ3n) is 5.15. The summed E-state index contributed by atoms with van der Waals surface area (Å²) in [6.45, 7) is 4.10. The van der Waals surface area contributed by atoms with Gasteiger partial charge in [-0.15, -0.1) is 0 Å². The molecule has 1 amide bonds. The van der Waals surface area contributed by atoms with Crippen LogP contribution in [0.3, 0.4) is 0 Å². The summed E-state index contributed by atoms with van der Waals surface area (Å²) in [5, 5.41) is 9.58. The number of piperazine rings is 1. The highest BCUT2D eigenvalue weighted by atomic mass is 16.2. The van der Waals surface area contributed by atoms with E-state index in [0.29, 0.717) is 0 Å². The van der Waals surface area contributed by atoms with Crippen molar-refractivity contribution in [1.29, 1.82) is 5.26 Å². The van der Waals surface area contributed by atoms with Gasteiger partial charge < -0.3 is 4.90 Å². The number of nitriles is 1. The predicted molar refractivity (Wildman–Crippen MR) is 87.2 cm³/mol. The van der Waals surface area contributed by atoms with Crippen molar-refractivity contribution in [2.24, 2.45) is 5.41 Å². The second-order valence-corrected chi connectivity index (χ2v) is 6.68. The average Bonchev–Trinajstić information content (AvgIpc) is 2.63. The van der Waals surface area contributed by atoms with E-state index in [1.54, 1.807) is 0 Å². The molecule has 5 heteroatoms. The number of rotatable bonds is 3. The van der Waals surface area contributed by atoms with Crippen LogP contribution >= 0.6 is 0 Å². The molecule has 0 radical (unpaired) electrons. The molecule has 0 bridgehead atoms. The summed E-state index contributed by atoms with van der Waals surface area (Å²) in [6.07, 6.45) is 8.25. The molecule has 0 aromatic carbocycles. The number of aromatic nitrogens is 1. The highest BCUT2D eigenvalue weighted by molar-refractivity contribution is 5.85. The number of nitrogens with zero attached hydrogens (tertiary/aromatic N) is 4. The third kappa shape index (κ3) is 3.53. The monoisotopic (exact) mass is 312 g/mol. The molecule has 122 valence electrons. The Morgan fingerprint density at radius 3 is 2.39 bits per heavy atom. The van der Waals surface area contributed by atoms with Crippen molar-refractivity contribution < 1.29 is 4.79 Å². The molecule has 23 heavy (non-hydrogen) atoms. The molecule has 1 aromatic heterocycles. The minimum Gasteiger partial charge on any atom is -0.339 e. The molecular formula is C18H24N4O. The van der Waals surface area contributed by atoms with Gasteiger partial charge in [0, 0.05) is 45.1 Å².